The molecule has 5 rings (SSSR count). The number of nitrogens with zero attached hydrogens (tertiary/aromatic N) is 1. The van der Waals surface area contributed by atoms with E-state index in [2.05, 4.69) is 10.6 Å². The van der Waals surface area contributed by atoms with E-state index >= 15 is 0 Å². The monoisotopic (exact) mass is 560 g/mol. The van der Waals surface area contributed by atoms with Crippen LogP contribution in [0.4, 0.5) is 10.5 Å². The van der Waals surface area contributed by atoms with Gasteiger partial charge in [0.25, 0.3) is 10.9 Å². The van der Waals surface area contributed by atoms with Crippen LogP contribution in [0.5, 0.6) is 5.75 Å². The van der Waals surface area contributed by atoms with Gasteiger partial charge in [-0.2, -0.15) is 0 Å². The maximum atomic E-state index is 13.4. The Hall–Kier alpha value is -4.67. The van der Waals surface area contributed by atoms with Gasteiger partial charge in [0.15, 0.2) is 5.75 Å². The lowest BCUT2D eigenvalue weighted by Crippen LogP contribution is -2.53. The van der Waals surface area contributed by atoms with Gasteiger partial charge in [-0.1, -0.05) is 48.5 Å². The predicted molar refractivity (Wildman–Crippen MR) is 151 cm³/mol. The minimum atomic E-state index is -0.954. The molecule has 3 aromatic rings. The molecule has 0 saturated carbocycles. The molecule has 0 spiro atoms. The molecule has 0 bridgehead atoms. The second kappa shape index (κ2) is 11.8. The lowest BCUT2D eigenvalue weighted by atomic mass is 9.98. The molecule has 1 fully saturated rings. The molecule has 1 aliphatic heterocycles. The number of amides is 3. The van der Waals surface area contributed by atoms with E-state index in [-0.39, 0.29) is 31.2 Å². The molecule has 1 aliphatic carbocycles. The fraction of sp³-hybridized carbons (Fsp3) is 0.367. The Morgan fingerprint density at radius 2 is 1.66 bits per heavy atom. The summed E-state index contributed by atoms with van der Waals surface area (Å²) in [7, 11) is 0. The minimum Gasteiger partial charge on any atom is -0.502 e. The van der Waals surface area contributed by atoms with Crippen molar-refractivity contribution in [2.75, 3.05) is 25.0 Å². The molecule has 3 aromatic carbocycles. The number of carbonyl (C=O) groups is 3. The number of nitrogens with one attached hydrogen (secondary N) is 2. The zero-order valence-electron chi connectivity index (χ0n) is 22.4. The summed E-state index contributed by atoms with van der Waals surface area (Å²) >= 11 is 0. The van der Waals surface area contributed by atoms with Crippen molar-refractivity contribution < 1.29 is 24.2 Å². The molecule has 0 unspecified atom stereocenters. The maximum Gasteiger partial charge on any atom is 0.407 e. The van der Waals surface area contributed by atoms with E-state index in [1.165, 1.54) is 4.90 Å². The molecule has 5 N–H and O–H groups in total. The van der Waals surface area contributed by atoms with Gasteiger partial charge in [0, 0.05) is 19.0 Å². The standard InChI is InChI=1S/C30H32N4O7/c31-28(38)23-13-7-15-34(23)29(39)22(12-5-6-14-32-24-25(35)27(37)26(24)36)33-30(40)41-16-21-19-10-3-1-8-17(19)18-9-2-4-11-20(18)21/h1-4,8-11,21-23,32,35H,5-7,12-16H2,(H2,31,38)(H,33,40)/t22-,23-/m0/s1. The number of hydrogen-bond donors (Lipinski definition) is 4. The van der Waals surface area contributed by atoms with Crippen LogP contribution in [0.2, 0.25) is 0 Å². The number of aromatic hydroxyl groups is 1. The summed E-state index contributed by atoms with van der Waals surface area (Å²) in [4.78, 5) is 62.4. The predicted octanol–water partition coefficient (Wildman–Crippen LogP) is 1.95. The molecule has 1 saturated heterocycles. The first-order valence-corrected chi connectivity index (χ1v) is 13.8. The van der Waals surface area contributed by atoms with E-state index in [9.17, 15) is 29.1 Å². The number of hydrogen-bond acceptors (Lipinski definition) is 8. The van der Waals surface area contributed by atoms with Crippen molar-refractivity contribution in [3.05, 3.63) is 80.1 Å². The normalized spacial score (nSPS) is 16.7. The van der Waals surface area contributed by atoms with Gasteiger partial charge in [-0.15, -0.1) is 0 Å². The number of benzene rings is 2. The van der Waals surface area contributed by atoms with Crippen LogP contribution in [0.25, 0.3) is 11.1 Å². The fourth-order valence-electron chi connectivity index (χ4n) is 5.80. The molecular formula is C30H32N4O7. The van der Waals surface area contributed by atoms with Crippen molar-refractivity contribution in [1.29, 1.82) is 0 Å². The fourth-order valence-corrected chi connectivity index (χ4v) is 5.80. The summed E-state index contributed by atoms with van der Waals surface area (Å²) in [6.45, 7) is 0.724. The Bertz CT molecular complexity index is 1500. The first-order valence-electron chi connectivity index (χ1n) is 13.8. The zero-order chi connectivity index (χ0) is 29.1. The van der Waals surface area contributed by atoms with Gasteiger partial charge in [-0.25, -0.2) is 4.79 Å². The number of fused-ring (bicyclic) bond motifs is 3. The molecular weight excluding hydrogens is 528 g/mol. The van der Waals surface area contributed by atoms with Crippen LogP contribution in [0.3, 0.4) is 0 Å². The van der Waals surface area contributed by atoms with E-state index in [1.54, 1.807) is 0 Å². The SMILES string of the molecule is NC(=O)[C@@H]1CCCN1C(=O)[C@H](CCCCNc1c(O)c(=O)c1=O)NC(=O)OCC1c2ccccc2-c2ccccc21. The third kappa shape index (κ3) is 5.52. The number of alkyl carbamates (subject to hydrolysis) is 1. The first-order chi connectivity index (χ1) is 19.8. The summed E-state index contributed by atoms with van der Waals surface area (Å²) in [5, 5.41) is 14.9. The third-order valence-electron chi connectivity index (χ3n) is 7.90. The van der Waals surface area contributed by atoms with Gasteiger partial charge >= 0.3 is 6.09 Å². The van der Waals surface area contributed by atoms with E-state index < -0.39 is 46.6 Å². The van der Waals surface area contributed by atoms with E-state index in [0.29, 0.717) is 32.2 Å². The Labute approximate surface area is 236 Å². The highest BCUT2D eigenvalue weighted by Crippen LogP contribution is 2.44. The molecule has 3 amide bonds. The molecule has 1 heterocycles. The number of likely N-dealkylation sites (tertiary alicyclic amines) is 1. The average molecular weight is 561 g/mol. The van der Waals surface area contributed by atoms with Crippen molar-refractivity contribution in [2.45, 2.75) is 50.1 Å². The van der Waals surface area contributed by atoms with Gasteiger partial charge < -0.3 is 31.1 Å². The highest BCUT2D eigenvalue weighted by molar-refractivity contribution is 5.91. The molecule has 11 nitrogen and oxygen atoms in total. The van der Waals surface area contributed by atoms with Crippen LogP contribution in [0.1, 0.15) is 49.1 Å². The van der Waals surface area contributed by atoms with E-state index in [1.807, 2.05) is 48.5 Å². The Morgan fingerprint density at radius 1 is 1.00 bits per heavy atom. The summed E-state index contributed by atoms with van der Waals surface area (Å²) in [6, 6.07) is 14.3. The second-order valence-electron chi connectivity index (χ2n) is 10.4. The van der Waals surface area contributed by atoms with Crippen LogP contribution in [-0.2, 0) is 14.3 Å². The first kappa shape index (κ1) is 27.9. The van der Waals surface area contributed by atoms with Gasteiger partial charge in [0.2, 0.25) is 11.8 Å². The highest BCUT2D eigenvalue weighted by atomic mass is 16.5. The lowest BCUT2D eigenvalue weighted by Gasteiger charge is -2.28. The number of ether oxygens (including phenoxy) is 1. The third-order valence-corrected chi connectivity index (χ3v) is 7.90. The Morgan fingerprint density at radius 3 is 2.29 bits per heavy atom. The smallest absolute Gasteiger partial charge is 0.407 e. The maximum absolute atomic E-state index is 13.4. The van der Waals surface area contributed by atoms with E-state index in [0.717, 1.165) is 22.3 Å². The zero-order valence-corrected chi connectivity index (χ0v) is 22.4. The van der Waals surface area contributed by atoms with Gasteiger partial charge in [-0.3, -0.25) is 19.2 Å². The molecule has 41 heavy (non-hydrogen) atoms. The van der Waals surface area contributed by atoms with Crippen molar-refractivity contribution in [3.8, 4) is 16.9 Å². The largest absolute Gasteiger partial charge is 0.502 e. The quantitative estimate of drug-likeness (QED) is 0.204. The number of unbranched alkanes of at least 4 members (excludes halogenated alkanes) is 1. The van der Waals surface area contributed by atoms with E-state index in [4.69, 9.17) is 10.5 Å². The van der Waals surface area contributed by atoms with Gasteiger partial charge in [0.05, 0.1) is 0 Å². The molecule has 11 heteroatoms. The number of carbonyl (C=O) groups excluding carboxylic acids is 3. The summed E-state index contributed by atoms with van der Waals surface area (Å²) < 4.78 is 5.64. The van der Waals surface area contributed by atoms with Crippen LogP contribution in [0.15, 0.2) is 58.1 Å². The Kier molecular flexibility index (Phi) is 8.04. The van der Waals surface area contributed by atoms with Gasteiger partial charge in [0.1, 0.15) is 24.4 Å². The second-order valence-corrected chi connectivity index (χ2v) is 10.4. The number of nitrogens with two attached hydrogens (primary N) is 1. The average Bonchev–Trinajstić information content (AvgIpc) is 3.60. The number of primary amides is 1. The van der Waals surface area contributed by atoms with Crippen molar-refractivity contribution in [3.63, 3.8) is 0 Å². The van der Waals surface area contributed by atoms with Crippen LogP contribution in [-0.4, -0.2) is 59.7 Å². The molecule has 214 valence electrons. The van der Waals surface area contributed by atoms with Crippen molar-refractivity contribution >= 4 is 23.6 Å². The minimum absolute atomic E-state index is 0.0870. The summed E-state index contributed by atoms with van der Waals surface area (Å²) in [5.41, 5.74) is 8.05. The molecule has 2 aliphatic rings. The van der Waals surface area contributed by atoms with Crippen LogP contribution < -0.4 is 27.2 Å². The molecule has 2 atom stereocenters. The molecule has 0 aromatic heterocycles. The highest BCUT2D eigenvalue weighted by Gasteiger charge is 2.37. The number of rotatable bonds is 11. The number of anilines is 1. The Balaban J connectivity index is 1.22. The van der Waals surface area contributed by atoms with Crippen LogP contribution in [0, 0.1) is 0 Å². The summed E-state index contributed by atoms with van der Waals surface area (Å²) in [5.74, 6) is -1.72. The molecule has 0 radical (unpaired) electrons. The van der Waals surface area contributed by atoms with Gasteiger partial charge in [-0.05, 0) is 54.4 Å². The summed E-state index contributed by atoms with van der Waals surface area (Å²) in [6.07, 6.45) is 1.53. The van der Waals surface area contributed by atoms with Crippen molar-refractivity contribution in [1.82, 2.24) is 10.2 Å². The topological polar surface area (TPSA) is 168 Å². The van der Waals surface area contributed by atoms with Crippen molar-refractivity contribution in [2.24, 2.45) is 5.73 Å². The van der Waals surface area contributed by atoms with Crippen LogP contribution >= 0.6 is 0 Å². The lowest BCUT2D eigenvalue weighted by molar-refractivity contribution is -0.139.